The Kier molecular flexibility index (Phi) is 3.40. The third-order valence-corrected chi connectivity index (χ3v) is 3.44. The molecule has 0 fully saturated rings. The summed E-state index contributed by atoms with van der Waals surface area (Å²) in [6.45, 7) is 0. The number of benzene rings is 1. The molecule has 0 saturated carbocycles. The van der Waals surface area contributed by atoms with Crippen molar-refractivity contribution in [3.8, 4) is 5.69 Å². The number of halogens is 3. The third kappa shape index (κ3) is 2.13. The minimum Gasteiger partial charge on any atom is -0.477 e. The van der Waals surface area contributed by atoms with E-state index < -0.39 is 11.8 Å². The maximum atomic E-state index is 13.1. The fraction of sp³-hybridized carbons (Fsp3) is 0. The normalized spacial score (nSPS) is 10.6. The lowest BCUT2D eigenvalue weighted by Crippen LogP contribution is -2.07. The molecule has 0 aliphatic carbocycles. The molecule has 0 aliphatic rings. The molecule has 1 aromatic heterocycles. The van der Waals surface area contributed by atoms with Crippen molar-refractivity contribution in [2.24, 2.45) is 0 Å². The molecule has 0 saturated heterocycles. The first-order chi connectivity index (χ1) is 8.41. The van der Waals surface area contributed by atoms with Crippen LogP contribution in [0.15, 0.2) is 27.3 Å². The van der Waals surface area contributed by atoms with Gasteiger partial charge in [-0.3, -0.25) is 0 Å². The molecule has 0 radical (unpaired) electrons. The monoisotopic (exact) mass is 377 g/mol. The molecule has 0 amide bonds. The van der Waals surface area contributed by atoms with Gasteiger partial charge >= 0.3 is 5.97 Å². The molecule has 3 N–H and O–H groups in total. The predicted molar refractivity (Wildman–Crippen MR) is 70.3 cm³/mol. The quantitative estimate of drug-likeness (QED) is 0.841. The number of aromatic carboxylic acids is 1. The van der Waals surface area contributed by atoms with Crippen molar-refractivity contribution in [1.82, 2.24) is 9.78 Å². The van der Waals surface area contributed by atoms with E-state index in [-0.39, 0.29) is 11.4 Å². The molecule has 2 rings (SSSR count). The number of nitrogen functional groups attached to an aromatic ring is 1. The lowest BCUT2D eigenvalue weighted by atomic mass is 10.3. The van der Waals surface area contributed by atoms with Gasteiger partial charge in [0.15, 0.2) is 0 Å². The topological polar surface area (TPSA) is 81.1 Å². The zero-order valence-corrected chi connectivity index (χ0v) is 11.9. The van der Waals surface area contributed by atoms with Crippen molar-refractivity contribution >= 4 is 43.6 Å². The van der Waals surface area contributed by atoms with Gasteiger partial charge in [-0.05, 0) is 44.0 Å². The van der Waals surface area contributed by atoms with Gasteiger partial charge in [-0.1, -0.05) is 0 Å². The largest absolute Gasteiger partial charge is 0.477 e. The Morgan fingerprint density at radius 2 is 1.94 bits per heavy atom. The van der Waals surface area contributed by atoms with Crippen LogP contribution in [-0.4, -0.2) is 20.9 Å². The van der Waals surface area contributed by atoms with Crippen LogP contribution in [0.4, 0.5) is 10.2 Å². The Hall–Kier alpha value is -1.41. The molecule has 1 heterocycles. The lowest BCUT2D eigenvalue weighted by molar-refractivity contribution is 0.0698. The summed E-state index contributed by atoms with van der Waals surface area (Å²) in [6.07, 6.45) is 1.14. The minimum absolute atomic E-state index is 0.0319. The highest BCUT2D eigenvalue weighted by Crippen LogP contribution is 2.32. The van der Waals surface area contributed by atoms with Crippen LogP contribution in [0.5, 0.6) is 0 Å². The highest BCUT2D eigenvalue weighted by Gasteiger charge is 2.18. The summed E-state index contributed by atoms with van der Waals surface area (Å²) in [4.78, 5) is 10.9. The van der Waals surface area contributed by atoms with E-state index in [1.54, 1.807) is 0 Å². The van der Waals surface area contributed by atoms with Crippen molar-refractivity contribution < 1.29 is 14.3 Å². The van der Waals surface area contributed by atoms with Gasteiger partial charge in [-0.25, -0.2) is 13.9 Å². The first kappa shape index (κ1) is 13.0. The molecular formula is C10H6Br2FN3O2. The number of hydrogen-bond donors (Lipinski definition) is 2. The number of nitrogens with zero attached hydrogens (tertiary/aromatic N) is 2. The second kappa shape index (κ2) is 4.69. The number of carbonyl (C=O) groups is 1. The second-order valence-electron chi connectivity index (χ2n) is 3.38. The average Bonchev–Trinajstić information content (AvgIpc) is 2.59. The van der Waals surface area contributed by atoms with Gasteiger partial charge in [0.25, 0.3) is 0 Å². The van der Waals surface area contributed by atoms with Gasteiger partial charge in [-0.2, -0.15) is 5.10 Å². The molecule has 5 nitrogen and oxygen atoms in total. The molecular weight excluding hydrogens is 373 g/mol. The van der Waals surface area contributed by atoms with Gasteiger partial charge in [0.1, 0.15) is 17.2 Å². The minimum atomic E-state index is -1.17. The standard InChI is InChI=1S/C10H6Br2FN3O2/c11-6-1-4(13)2-7(12)8(6)16-9(14)5(3-15-16)10(17)18/h1-3H,14H2,(H,17,18). The summed E-state index contributed by atoms with van der Waals surface area (Å²) in [5.41, 5.74) is 6.02. The molecule has 0 spiro atoms. The number of hydrogen-bond acceptors (Lipinski definition) is 3. The van der Waals surface area contributed by atoms with Crippen LogP contribution in [0, 0.1) is 5.82 Å². The van der Waals surface area contributed by atoms with Gasteiger partial charge < -0.3 is 10.8 Å². The van der Waals surface area contributed by atoms with E-state index >= 15 is 0 Å². The van der Waals surface area contributed by atoms with Crippen molar-refractivity contribution in [3.05, 3.63) is 38.7 Å². The number of carboxylic acids is 1. The van der Waals surface area contributed by atoms with Crippen LogP contribution in [0.3, 0.4) is 0 Å². The zero-order valence-electron chi connectivity index (χ0n) is 8.69. The molecule has 2 aromatic rings. The smallest absolute Gasteiger partial charge is 0.341 e. The third-order valence-electron chi connectivity index (χ3n) is 2.23. The van der Waals surface area contributed by atoms with Crippen molar-refractivity contribution in [1.29, 1.82) is 0 Å². The molecule has 1 aromatic carbocycles. The maximum Gasteiger partial charge on any atom is 0.341 e. The summed E-state index contributed by atoms with van der Waals surface area (Å²) in [7, 11) is 0. The Bertz CT molecular complexity index is 619. The Morgan fingerprint density at radius 1 is 1.39 bits per heavy atom. The Balaban J connectivity index is 2.67. The van der Waals surface area contributed by atoms with E-state index in [9.17, 15) is 9.18 Å². The first-order valence-electron chi connectivity index (χ1n) is 4.63. The fourth-order valence-corrected chi connectivity index (χ4v) is 2.90. The van der Waals surface area contributed by atoms with Crippen LogP contribution in [0.25, 0.3) is 5.69 Å². The Labute approximate surface area is 118 Å². The van der Waals surface area contributed by atoms with Gasteiger partial charge in [0.05, 0.1) is 11.9 Å². The molecule has 0 unspecified atom stereocenters. The molecule has 18 heavy (non-hydrogen) atoms. The van der Waals surface area contributed by atoms with Crippen LogP contribution in [0.1, 0.15) is 10.4 Å². The highest BCUT2D eigenvalue weighted by molar-refractivity contribution is 9.11. The molecule has 8 heteroatoms. The van der Waals surface area contributed by atoms with Gasteiger partial charge in [0.2, 0.25) is 0 Å². The van der Waals surface area contributed by atoms with E-state index in [2.05, 4.69) is 37.0 Å². The molecule has 0 atom stereocenters. The zero-order chi connectivity index (χ0) is 13.4. The predicted octanol–water partition coefficient (Wildman–Crippen LogP) is 2.82. The number of carboxylic acid groups (broad SMARTS) is 1. The molecule has 94 valence electrons. The summed E-state index contributed by atoms with van der Waals surface area (Å²) < 4.78 is 15.2. The van der Waals surface area contributed by atoms with Crippen LogP contribution in [-0.2, 0) is 0 Å². The van der Waals surface area contributed by atoms with Gasteiger partial charge in [0, 0.05) is 8.95 Å². The highest BCUT2D eigenvalue weighted by atomic mass is 79.9. The van der Waals surface area contributed by atoms with Crippen LogP contribution >= 0.6 is 31.9 Å². The van der Waals surface area contributed by atoms with Crippen molar-refractivity contribution in [2.45, 2.75) is 0 Å². The molecule has 0 bridgehead atoms. The maximum absolute atomic E-state index is 13.1. The van der Waals surface area contributed by atoms with Crippen molar-refractivity contribution in [2.75, 3.05) is 5.73 Å². The number of rotatable bonds is 2. The molecule has 0 aliphatic heterocycles. The first-order valence-corrected chi connectivity index (χ1v) is 6.22. The van der Waals surface area contributed by atoms with E-state index in [4.69, 9.17) is 10.8 Å². The van der Waals surface area contributed by atoms with Crippen LogP contribution in [0.2, 0.25) is 0 Å². The summed E-state index contributed by atoms with van der Waals surface area (Å²) >= 11 is 6.36. The van der Waals surface area contributed by atoms with Crippen LogP contribution < -0.4 is 5.73 Å². The lowest BCUT2D eigenvalue weighted by Gasteiger charge is -2.09. The number of aromatic nitrogens is 2. The van der Waals surface area contributed by atoms with E-state index in [1.165, 1.54) is 16.8 Å². The summed E-state index contributed by atoms with van der Waals surface area (Å²) in [5, 5.41) is 12.8. The van der Waals surface area contributed by atoms with E-state index in [0.29, 0.717) is 14.6 Å². The fourth-order valence-electron chi connectivity index (χ4n) is 1.44. The SMILES string of the molecule is Nc1c(C(=O)O)cnn1-c1c(Br)cc(F)cc1Br. The number of nitrogens with two attached hydrogens (primary N) is 1. The van der Waals surface area contributed by atoms with Gasteiger partial charge in [-0.15, -0.1) is 0 Å². The van der Waals surface area contributed by atoms with E-state index in [0.717, 1.165) is 6.20 Å². The van der Waals surface area contributed by atoms with E-state index in [1.807, 2.05) is 0 Å². The Morgan fingerprint density at radius 3 is 2.39 bits per heavy atom. The summed E-state index contributed by atoms with van der Waals surface area (Å²) in [6, 6.07) is 2.48. The summed E-state index contributed by atoms with van der Waals surface area (Å²) in [5.74, 6) is -1.65. The van der Waals surface area contributed by atoms with Crippen molar-refractivity contribution in [3.63, 3.8) is 0 Å². The average molecular weight is 379 g/mol. The number of anilines is 1. The second-order valence-corrected chi connectivity index (χ2v) is 5.09.